The number of carbonyl (C=O) groups excluding carboxylic acids is 1. The van der Waals surface area contributed by atoms with E-state index in [2.05, 4.69) is 34.9 Å². The molecule has 0 amide bonds. The van der Waals surface area contributed by atoms with Crippen molar-refractivity contribution in [2.75, 3.05) is 37.6 Å². The number of benzene rings is 2. The molecular weight excluding hydrogens is 350 g/mol. The van der Waals surface area contributed by atoms with Gasteiger partial charge in [0.05, 0.1) is 0 Å². The summed E-state index contributed by atoms with van der Waals surface area (Å²) in [6.45, 7) is 8.01. The second kappa shape index (κ2) is 8.48. The van der Waals surface area contributed by atoms with Crippen molar-refractivity contribution in [3.05, 3.63) is 66.5 Å². The molecule has 3 aromatic rings. The van der Waals surface area contributed by atoms with Crippen molar-refractivity contribution in [2.45, 2.75) is 20.0 Å². The van der Waals surface area contributed by atoms with Crippen LogP contribution in [0.15, 0.2) is 60.9 Å². The molecule has 5 nitrogen and oxygen atoms in total. The fourth-order valence-corrected chi connectivity index (χ4v) is 3.77. The molecule has 5 heteroatoms. The minimum Gasteiger partial charge on any atom is -0.444 e. The van der Waals surface area contributed by atoms with E-state index in [0.717, 1.165) is 42.5 Å². The van der Waals surface area contributed by atoms with E-state index in [1.165, 1.54) is 23.2 Å². The smallest absolute Gasteiger partial charge is 0.418 e. The summed E-state index contributed by atoms with van der Waals surface area (Å²) in [5.41, 5.74) is 2.20. The van der Waals surface area contributed by atoms with Gasteiger partial charge in [-0.15, -0.1) is 0 Å². The first kappa shape index (κ1) is 18.6. The summed E-state index contributed by atoms with van der Waals surface area (Å²) in [7, 11) is 0. The Hall–Kier alpha value is -2.79. The summed E-state index contributed by atoms with van der Waals surface area (Å²) in [4.78, 5) is 17.3. The Labute approximate surface area is 166 Å². The zero-order valence-electron chi connectivity index (χ0n) is 16.4. The van der Waals surface area contributed by atoms with Crippen LogP contribution in [0.2, 0.25) is 0 Å². The fraction of sp³-hybridized carbons (Fsp3) is 0.348. The molecule has 0 unspecified atom stereocenters. The van der Waals surface area contributed by atoms with E-state index in [4.69, 9.17) is 4.74 Å². The van der Waals surface area contributed by atoms with Crippen molar-refractivity contribution in [1.29, 1.82) is 0 Å². The summed E-state index contributed by atoms with van der Waals surface area (Å²) >= 11 is 0. The van der Waals surface area contributed by atoms with Gasteiger partial charge in [-0.05, 0) is 30.7 Å². The van der Waals surface area contributed by atoms with Crippen molar-refractivity contribution < 1.29 is 9.53 Å². The number of piperazine rings is 1. The highest BCUT2D eigenvalue weighted by Gasteiger charge is 2.17. The van der Waals surface area contributed by atoms with Gasteiger partial charge in [0.25, 0.3) is 0 Å². The van der Waals surface area contributed by atoms with Crippen LogP contribution in [0.5, 0.6) is 0 Å². The predicted octanol–water partition coefficient (Wildman–Crippen LogP) is 4.36. The normalized spacial score (nSPS) is 15.1. The van der Waals surface area contributed by atoms with Crippen LogP contribution < -0.4 is 4.90 Å². The van der Waals surface area contributed by atoms with Crippen molar-refractivity contribution >= 4 is 22.6 Å². The molecule has 2 aromatic carbocycles. The summed E-state index contributed by atoms with van der Waals surface area (Å²) in [5.74, 6) is 0. The molecule has 1 aromatic heterocycles. The Morgan fingerprint density at radius 3 is 2.46 bits per heavy atom. The molecule has 0 saturated carbocycles. The molecule has 146 valence electrons. The van der Waals surface area contributed by atoms with E-state index in [0.29, 0.717) is 0 Å². The SMILES string of the molecule is CCCN1CCN(c2ccc3cn(C(=O)OCc4ccccc4)cc3c2)CC1. The number of carbonyl (C=O) groups is 1. The van der Waals surface area contributed by atoms with Gasteiger partial charge in [0.1, 0.15) is 6.61 Å². The highest BCUT2D eigenvalue weighted by atomic mass is 16.5. The summed E-state index contributed by atoms with van der Waals surface area (Å²) in [6, 6.07) is 16.1. The van der Waals surface area contributed by atoms with Crippen LogP contribution in [-0.2, 0) is 11.3 Å². The van der Waals surface area contributed by atoms with Gasteiger partial charge in [-0.2, -0.15) is 0 Å². The van der Waals surface area contributed by atoms with Gasteiger partial charge >= 0.3 is 6.09 Å². The van der Waals surface area contributed by atoms with Gasteiger partial charge in [-0.1, -0.05) is 43.3 Å². The third-order valence-corrected chi connectivity index (χ3v) is 5.32. The second-order valence-corrected chi connectivity index (χ2v) is 7.35. The zero-order chi connectivity index (χ0) is 19.3. The molecule has 0 N–H and O–H groups in total. The van der Waals surface area contributed by atoms with Crippen LogP contribution in [0.3, 0.4) is 0 Å². The van der Waals surface area contributed by atoms with E-state index >= 15 is 0 Å². The van der Waals surface area contributed by atoms with Crippen molar-refractivity contribution in [3.8, 4) is 0 Å². The molecule has 4 rings (SSSR count). The fourth-order valence-electron chi connectivity index (χ4n) is 3.77. The third-order valence-electron chi connectivity index (χ3n) is 5.32. The van der Waals surface area contributed by atoms with Crippen molar-refractivity contribution in [2.24, 2.45) is 0 Å². The van der Waals surface area contributed by atoms with Crippen molar-refractivity contribution in [3.63, 3.8) is 0 Å². The van der Waals surface area contributed by atoms with E-state index in [1.54, 1.807) is 0 Å². The number of hydrogen-bond acceptors (Lipinski definition) is 4. The van der Waals surface area contributed by atoms with E-state index in [-0.39, 0.29) is 12.7 Å². The van der Waals surface area contributed by atoms with Crippen LogP contribution in [-0.4, -0.2) is 48.3 Å². The Bertz CT molecular complexity index is 927. The number of rotatable bonds is 5. The standard InChI is InChI=1S/C23H27N3O2/c1-2-10-24-11-13-25(14-12-24)22-9-8-20-16-26(17-21(20)15-22)23(27)28-18-19-6-4-3-5-7-19/h3-9,15-17H,2,10-14,18H2,1H3. The summed E-state index contributed by atoms with van der Waals surface area (Å²) < 4.78 is 6.97. The summed E-state index contributed by atoms with van der Waals surface area (Å²) in [6.07, 6.45) is 4.56. The number of hydrogen-bond donors (Lipinski definition) is 0. The quantitative estimate of drug-likeness (QED) is 0.662. The minimum absolute atomic E-state index is 0.279. The molecule has 0 atom stereocenters. The molecule has 1 aliphatic heterocycles. The van der Waals surface area contributed by atoms with Crippen molar-refractivity contribution in [1.82, 2.24) is 9.47 Å². The van der Waals surface area contributed by atoms with Gasteiger partial charge in [0, 0.05) is 55.0 Å². The maximum absolute atomic E-state index is 12.4. The van der Waals surface area contributed by atoms with E-state index in [9.17, 15) is 4.79 Å². The number of fused-ring (bicyclic) bond motifs is 1. The Balaban J connectivity index is 1.42. The maximum atomic E-state index is 12.4. The van der Waals surface area contributed by atoms with Gasteiger partial charge in [0.15, 0.2) is 0 Å². The topological polar surface area (TPSA) is 37.7 Å². The molecule has 0 aliphatic carbocycles. The second-order valence-electron chi connectivity index (χ2n) is 7.35. The van der Waals surface area contributed by atoms with Crippen LogP contribution in [0.25, 0.3) is 10.8 Å². The van der Waals surface area contributed by atoms with Crippen LogP contribution >= 0.6 is 0 Å². The Kier molecular flexibility index (Phi) is 5.63. The van der Waals surface area contributed by atoms with Crippen LogP contribution in [0.1, 0.15) is 18.9 Å². The lowest BCUT2D eigenvalue weighted by Gasteiger charge is -2.36. The molecule has 2 heterocycles. The van der Waals surface area contributed by atoms with Gasteiger partial charge in [-0.25, -0.2) is 4.79 Å². The van der Waals surface area contributed by atoms with Gasteiger partial charge in [-0.3, -0.25) is 9.47 Å². The first-order valence-electron chi connectivity index (χ1n) is 10.0. The van der Waals surface area contributed by atoms with Gasteiger partial charge < -0.3 is 9.64 Å². The minimum atomic E-state index is -0.352. The van der Waals surface area contributed by atoms with Gasteiger partial charge in [0.2, 0.25) is 0 Å². The molecule has 0 bridgehead atoms. The number of aromatic nitrogens is 1. The molecule has 1 aliphatic rings. The zero-order valence-corrected chi connectivity index (χ0v) is 16.4. The molecule has 1 saturated heterocycles. The third kappa shape index (κ3) is 4.20. The Morgan fingerprint density at radius 1 is 0.964 bits per heavy atom. The first-order chi connectivity index (χ1) is 13.7. The van der Waals surface area contributed by atoms with E-state index < -0.39 is 0 Å². The highest BCUT2D eigenvalue weighted by Crippen LogP contribution is 2.24. The molecular formula is C23H27N3O2. The average Bonchev–Trinajstić information content (AvgIpc) is 3.17. The highest BCUT2D eigenvalue weighted by molar-refractivity contribution is 5.89. The Morgan fingerprint density at radius 2 is 1.71 bits per heavy atom. The molecule has 0 spiro atoms. The lowest BCUT2D eigenvalue weighted by atomic mass is 10.2. The first-order valence-corrected chi connectivity index (χ1v) is 10.0. The monoisotopic (exact) mass is 377 g/mol. The largest absolute Gasteiger partial charge is 0.444 e. The average molecular weight is 377 g/mol. The number of ether oxygens (including phenoxy) is 1. The summed E-state index contributed by atoms with van der Waals surface area (Å²) in [5, 5.41) is 2.11. The number of anilines is 1. The molecule has 28 heavy (non-hydrogen) atoms. The van der Waals surface area contributed by atoms with Crippen LogP contribution in [0.4, 0.5) is 10.5 Å². The molecule has 1 fully saturated rings. The molecule has 0 radical (unpaired) electrons. The maximum Gasteiger partial charge on any atom is 0.418 e. The van der Waals surface area contributed by atoms with E-state index in [1.807, 2.05) is 42.7 Å². The lowest BCUT2D eigenvalue weighted by Crippen LogP contribution is -2.46. The number of nitrogens with zero attached hydrogens (tertiary/aromatic N) is 3. The lowest BCUT2D eigenvalue weighted by molar-refractivity contribution is 0.141. The predicted molar refractivity (Wildman–Crippen MR) is 113 cm³/mol. The van der Waals surface area contributed by atoms with Crippen LogP contribution in [0, 0.1) is 0 Å².